The Labute approximate surface area is 258 Å². The van der Waals surface area contributed by atoms with Crippen LogP contribution in [-0.4, -0.2) is 27.5 Å². The van der Waals surface area contributed by atoms with Crippen LogP contribution in [-0.2, 0) is 12.8 Å². The second-order valence-electron chi connectivity index (χ2n) is 11.7. The number of allylic oxidation sites excluding steroid dienone is 4. The molecule has 0 aliphatic rings. The summed E-state index contributed by atoms with van der Waals surface area (Å²) in [5.74, 6) is 0. The van der Waals surface area contributed by atoms with Crippen LogP contribution in [0.2, 0.25) is 0 Å². The maximum absolute atomic E-state index is 12.0. The third-order valence-electron chi connectivity index (χ3n) is 7.86. The van der Waals surface area contributed by atoms with Crippen molar-refractivity contribution in [3.63, 3.8) is 0 Å². The Morgan fingerprint density at radius 3 is 1.40 bits per heavy atom. The molecule has 0 spiro atoms. The highest BCUT2D eigenvalue weighted by Crippen LogP contribution is 2.12. The van der Waals surface area contributed by atoms with Crippen molar-refractivity contribution in [2.45, 2.75) is 141 Å². The molecule has 0 aliphatic carbocycles. The summed E-state index contributed by atoms with van der Waals surface area (Å²) in [7, 11) is 0. The highest BCUT2D eigenvalue weighted by atomic mass is 16.5. The van der Waals surface area contributed by atoms with Gasteiger partial charge in [-0.3, -0.25) is 9.97 Å². The van der Waals surface area contributed by atoms with Gasteiger partial charge in [0.1, 0.15) is 0 Å². The van der Waals surface area contributed by atoms with Crippen LogP contribution < -0.4 is 0 Å². The van der Waals surface area contributed by atoms with E-state index in [4.69, 9.17) is 0 Å². The van der Waals surface area contributed by atoms with Crippen LogP contribution in [0.1, 0.15) is 140 Å². The average Bonchev–Trinajstić information content (AvgIpc) is 3.02. The number of aromatic nitrogens is 2. The molecule has 0 aromatic carbocycles. The van der Waals surface area contributed by atoms with E-state index in [0.717, 1.165) is 56.1 Å². The Morgan fingerprint density at radius 2 is 0.929 bits per heavy atom. The minimum atomic E-state index is 0.633. The van der Waals surface area contributed by atoms with Gasteiger partial charge in [0.05, 0.1) is 0 Å². The summed E-state index contributed by atoms with van der Waals surface area (Å²) < 4.78 is 1.15. The third-order valence-corrected chi connectivity index (χ3v) is 7.86. The van der Waals surface area contributed by atoms with Crippen LogP contribution in [0.5, 0.6) is 0 Å². The van der Waals surface area contributed by atoms with Gasteiger partial charge in [-0.2, -0.15) is 0 Å². The SMILES string of the molecule is [O-]/[N+](=C\CCC/C=C\CCCCCCCCc1cccnc1)CCCC/C=C\CCCCCCCCc1cccnc1. The van der Waals surface area contributed by atoms with Crippen LogP contribution in [0, 0.1) is 5.21 Å². The van der Waals surface area contributed by atoms with Crippen LogP contribution in [0.25, 0.3) is 0 Å². The largest absolute Gasteiger partial charge is 0.624 e. The highest BCUT2D eigenvalue weighted by molar-refractivity contribution is 5.51. The molecule has 232 valence electrons. The number of hydrogen-bond donors (Lipinski definition) is 0. The molecule has 42 heavy (non-hydrogen) atoms. The molecule has 0 N–H and O–H groups in total. The fourth-order valence-electron chi connectivity index (χ4n) is 5.25. The molecule has 0 saturated heterocycles. The van der Waals surface area contributed by atoms with Gasteiger partial charge in [-0.1, -0.05) is 87.8 Å². The molecule has 2 rings (SSSR count). The first-order valence-electron chi connectivity index (χ1n) is 17.2. The first-order chi connectivity index (χ1) is 20.8. The Hall–Kier alpha value is -2.75. The van der Waals surface area contributed by atoms with Crippen molar-refractivity contribution in [3.05, 3.63) is 89.7 Å². The second kappa shape index (κ2) is 27.1. The lowest BCUT2D eigenvalue weighted by atomic mass is 10.1. The van der Waals surface area contributed by atoms with Crippen molar-refractivity contribution in [3.8, 4) is 0 Å². The number of hydroxylamine groups is 1. The van der Waals surface area contributed by atoms with E-state index in [9.17, 15) is 5.21 Å². The Morgan fingerprint density at radius 1 is 0.500 bits per heavy atom. The highest BCUT2D eigenvalue weighted by Gasteiger charge is 1.97. The summed E-state index contributed by atoms with van der Waals surface area (Å²) in [5.41, 5.74) is 2.72. The van der Waals surface area contributed by atoms with Gasteiger partial charge in [-0.05, 0) is 100 Å². The van der Waals surface area contributed by atoms with Gasteiger partial charge in [-0.15, -0.1) is 0 Å². The van der Waals surface area contributed by atoms with Gasteiger partial charge >= 0.3 is 0 Å². The minimum absolute atomic E-state index is 0.633. The molecule has 4 nitrogen and oxygen atoms in total. The van der Waals surface area contributed by atoms with Gasteiger partial charge in [0.2, 0.25) is 0 Å². The molecule has 4 heteroatoms. The molecule has 0 bridgehead atoms. The molecule has 0 radical (unpaired) electrons. The zero-order valence-corrected chi connectivity index (χ0v) is 26.5. The van der Waals surface area contributed by atoms with Crippen LogP contribution in [0.3, 0.4) is 0 Å². The number of rotatable bonds is 27. The van der Waals surface area contributed by atoms with Crippen molar-refractivity contribution < 1.29 is 4.74 Å². The third kappa shape index (κ3) is 21.9. The van der Waals surface area contributed by atoms with E-state index in [2.05, 4.69) is 46.4 Å². The number of pyridine rings is 2. The molecule has 0 saturated carbocycles. The van der Waals surface area contributed by atoms with Crippen LogP contribution in [0.4, 0.5) is 0 Å². The monoisotopic (exact) mass is 573 g/mol. The molecule has 0 atom stereocenters. The molecule has 2 aromatic heterocycles. The molecular weight excluding hydrogens is 514 g/mol. The first kappa shape index (κ1) is 35.4. The summed E-state index contributed by atoms with van der Waals surface area (Å²) in [4.78, 5) is 8.37. The maximum atomic E-state index is 12.0. The average molecular weight is 574 g/mol. The Balaban J connectivity index is 1.26. The van der Waals surface area contributed by atoms with E-state index in [1.54, 1.807) is 0 Å². The van der Waals surface area contributed by atoms with E-state index < -0.39 is 0 Å². The predicted molar refractivity (Wildman–Crippen MR) is 181 cm³/mol. The summed E-state index contributed by atoms with van der Waals surface area (Å²) in [6.45, 7) is 0.633. The van der Waals surface area contributed by atoms with E-state index in [-0.39, 0.29) is 0 Å². The normalized spacial score (nSPS) is 12.1. The fourth-order valence-corrected chi connectivity index (χ4v) is 5.25. The first-order valence-corrected chi connectivity index (χ1v) is 17.2. The predicted octanol–water partition coefficient (Wildman–Crippen LogP) is 10.8. The second-order valence-corrected chi connectivity index (χ2v) is 11.7. The summed E-state index contributed by atoms with van der Waals surface area (Å²) in [6, 6.07) is 8.40. The minimum Gasteiger partial charge on any atom is -0.624 e. The summed E-state index contributed by atoms with van der Waals surface area (Å²) >= 11 is 0. The van der Waals surface area contributed by atoms with Gasteiger partial charge in [0, 0.05) is 37.6 Å². The zero-order chi connectivity index (χ0) is 29.6. The van der Waals surface area contributed by atoms with Crippen molar-refractivity contribution >= 4 is 6.21 Å². The van der Waals surface area contributed by atoms with E-state index in [0.29, 0.717) is 6.54 Å². The molecule has 0 aliphatic heterocycles. The lowest BCUT2D eigenvalue weighted by Crippen LogP contribution is -2.06. The standard InChI is InChI=1S/C38H59N3O/c42-41(33-23-19-15-11-7-3-1-5-9-13-17-21-27-37-29-25-31-39-35-37)34-24-20-16-12-8-4-2-6-10-14-18-22-28-38-30-26-32-40-36-38/h7-8,11-12,25-26,29-33,35-36H,1-6,9-10,13-24,27-28,34H2/b11-7-,12-8-,41-33-. The van der Waals surface area contributed by atoms with Crippen molar-refractivity contribution in [1.82, 2.24) is 9.97 Å². The zero-order valence-electron chi connectivity index (χ0n) is 26.5. The maximum Gasteiger partial charge on any atom is 0.153 e. The number of nitrogens with zero attached hydrogens (tertiary/aromatic N) is 3. The Bertz CT molecular complexity index is 939. The molecule has 2 aromatic rings. The fraction of sp³-hybridized carbons (Fsp3) is 0.605. The molecule has 0 amide bonds. The number of unbranched alkanes of at least 4 members (excludes halogenated alkanes) is 16. The smallest absolute Gasteiger partial charge is 0.153 e. The molecule has 0 fully saturated rings. The number of aryl methyl sites for hydroxylation is 2. The molecular formula is C38H59N3O. The van der Waals surface area contributed by atoms with Crippen molar-refractivity contribution in [2.75, 3.05) is 6.54 Å². The van der Waals surface area contributed by atoms with Crippen LogP contribution >= 0.6 is 0 Å². The Kier molecular flexibility index (Phi) is 22.9. The van der Waals surface area contributed by atoms with Gasteiger partial charge in [0.15, 0.2) is 12.8 Å². The lowest BCUT2D eigenvalue weighted by molar-refractivity contribution is -0.454. The quantitative estimate of drug-likeness (QED) is 0.0267. The number of hydrogen-bond acceptors (Lipinski definition) is 3. The van der Waals surface area contributed by atoms with Crippen LogP contribution in [0.15, 0.2) is 73.4 Å². The van der Waals surface area contributed by atoms with Gasteiger partial charge in [-0.25, -0.2) is 4.74 Å². The topological polar surface area (TPSA) is 51.9 Å². The summed E-state index contributed by atoms with van der Waals surface area (Å²) in [6.07, 6.45) is 45.6. The molecule has 2 heterocycles. The van der Waals surface area contributed by atoms with Crippen molar-refractivity contribution in [2.24, 2.45) is 0 Å². The van der Waals surface area contributed by atoms with E-state index in [1.165, 1.54) is 101 Å². The van der Waals surface area contributed by atoms with E-state index in [1.807, 2.05) is 43.1 Å². The lowest BCUT2D eigenvalue weighted by Gasteiger charge is -2.03. The van der Waals surface area contributed by atoms with Crippen molar-refractivity contribution in [1.29, 1.82) is 0 Å². The summed E-state index contributed by atoms with van der Waals surface area (Å²) in [5, 5.41) is 12.0. The van der Waals surface area contributed by atoms with Gasteiger partial charge in [0.25, 0.3) is 0 Å². The van der Waals surface area contributed by atoms with Gasteiger partial charge < -0.3 is 5.21 Å². The molecule has 0 unspecified atom stereocenters. The van der Waals surface area contributed by atoms with E-state index >= 15 is 0 Å².